The maximum absolute atomic E-state index is 11.9. The molecule has 0 spiro atoms. The number of hydrogen-bond donors (Lipinski definition) is 1. The van der Waals surface area contributed by atoms with Gasteiger partial charge in [-0.05, 0) is 25.8 Å². The van der Waals surface area contributed by atoms with Crippen LogP contribution >= 0.6 is 0 Å². The first-order chi connectivity index (χ1) is 7.29. The van der Waals surface area contributed by atoms with Crippen LogP contribution in [0.5, 0.6) is 0 Å². The van der Waals surface area contributed by atoms with Gasteiger partial charge in [0, 0.05) is 12.6 Å². The molecule has 0 saturated carbocycles. The topological polar surface area (TPSA) is 32.3 Å². The van der Waals surface area contributed by atoms with E-state index in [0.717, 1.165) is 19.5 Å². The van der Waals surface area contributed by atoms with Crippen LogP contribution in [-0.2, 0) is 4.79 Å². The third kappa shape index (κ3) is 3.82. The van der Waals surface area contributed by atoms with Crippen molar-refractivity contribution in [2.24, 2.45) is 0 Å². The largest absolute Gasteiger partial charge is 0.339 e. The quantitative estimate of drug-likeness (QED) is 0.770. The van der Waals surface area contributed by atoms with Crippen molar-refractivity contribution in [1.29, 1.82) is 0 Å². The number of nitrogens with zero attached hydrogens (tertiary/aromatic N) is 1. The SMILES string of the molecule is CCNCC(=O)N1CCCCCC1CC. The van der Waals surface area contributed by atoms with Gasteiger partial charge < -0.3 is 10.2 Å². The Morgan fingerprint density at radius 3 is 2.80 bits per heavy atom. The maximum Gasteiger partial charge on any atom is 0.236 e. The second-order valence-electron chi connectivity index (χ2n) is 4.28. The number of nitrogens with one attached hydrogen (secondary N) is 1. The van der Waals surface area contributed by atoms with Crippen molar-refractivity contribution >= 4 is 5.91 Å². The standard InChI is InChI=1S/C12H24N2O/c1-3-11-8-6-5-7-9-14(11)12(15)10-13-4-2/h11,13H,3-10H2,1-2H3. The van der Waals surface area contributed by atoms with Crippen molar-refractivity contribution < 1.29 is 4.79 Å². The van der Waals surface area contributed by atoms with Gasteiger partial charge >= 0.3 is 0 Å². The Morgan fingerprint density at radius 1 is 1.33 bits per heavy atom. The van der Waals surface area contributed by atoms with Crippen LogP contribution in [0.3, 0.4) is 0 Å². The highest BCUT2D eigenvalue weighted by molar-refractivity contribution is 5.78. The van der Waals surface area contributed by atoms with Crippen molar-refractivity contribution in [3.63, 3.8) is 0 Å². The molecule has 1 rings (SSSR count). The molecule has 1 N–H and O–H groups in total. The Hall–Kier alpha value is -0.570. The highest BCUT2D eigenvalue weighted by atomic mass is 16.2. The molecular weight excluding hydrogens is 188 g/mol. The Balaban J connectivity index is 2.49. The first kappa shape index (κ1) is 12.5. The van der Waals surface area contributed by atoms with E-state index in [1.165, 1.54) is 25.7 Å². The predicted octanol–water partition coefficient (Wildman–Crippen LogP) is 1.78. The molecule has 0 aromatic rings. The Kier molecular flexibility index (Phi) is 5.69. The van der Waals surface area contributed by atoms with Gasteiger partial charge in [0.05, 0.1) is 6.54 Å². The van der Waals surface area contributed by atoms with Crippen molar-refractivity contribution in [2.45, 2.75) is 52.0 Å². The van der Waals surface area contributed by atoms with Crippen molar-refractivity contribution in [2.75, 3.05) is 19.6 Å². The average molecular weight is 212 g/mol. The summed E-state index contributed by atoms with van der Waals surface area (Å²) in [5.41, 5.74) is 0. The van der Waals surface area contributed by atoms with Gasteiger partial charge in [-0.15, -0.1) is 0 Å². The summed E-state index contributed by atoms with van der Waals surface area (Å²) in [4.78, 5) is 14.0. The van der Waals surface area contributed by atoms with Crippen LogP contribution in [0, 0.1) is 0 Å². The molecule has 3 heteroatoms. The van der Waals surface area contributed by atoms with E-state index in [2.05, 4.69) is 17.1 Å². The fraction of sp³-hybridized carbons (Fsp3) is 0.917. The number of amides is 1. The molecule has 0 bridgehead atoms. The van der Waals surface area contributed by atoms with E-state index in [1.54, 1.807) is 0 Å². The van der Waals surface area contributed by atoms with Gasteiger partial charge in [-0.1, -0.05) is 26.7 Å². The normalized spacial score (nSPS) is 22.5. The maximum atomic E-state index is 11.9. The van der Waals surface area contributed by atoms with E-state index in [4.69, 9.17) is 0 Å². The molecule has 1 aliphatic rings. The summed E-state index contributed by atoms with van der Waals surface area (Å²) in [5, 5.41) is 3.12. The Labute approximate surface area is 93.2 Å². The van der Waals surface area contributed by atoms with Gasteiger partial charge in [0.25, 0.3) is 0 Å². The van der Waals surface area contributed by atoms with Gasteiger partial charge in [0.2, 0.25) is 5.91 Å². The Bertz CT molecular complexity index is 194. The summed E-state index contributed by atoms with van der Waals surface area (Å²) in [6.07, 6.45) is 6.02. The lowest BCUT2D eigenvalue weighted by Gasteiger charge is -2.29. The third-order valence-electron chi connectivity index (χ3n) is 3.19. The molecular formula is C12H24N2O. The minimum absolute atomic E-state index is 0.283. The van der Waals surface area contributed by atoms with Crippen LogP contribution < -0.4 is 5.32 Å². The molecule has 0 aromatic heterocycles. The molecule has 1 fully saturated rings. The highest BCUT2D eigenvalue weighted by Crippen LogP contribution is 2.18. The molecule has 15 heavy (non-hydrogen) atoms. The highest BCUT2D eigenvalue weighted by Gasteiger charge is 2.23. The van der Waals surface area contributed by atoms with E-state index >= 15 is 0 Å². The summed E-state index contributed by atoms with van der Waals surface area (Å²) >= 11 is 0. The first-order valence-corrected chi connectivity index (χ1v) is 6.29. The van der Waals surface area contributed by atoms with Crippen molar-refractivity contribution in [1.82, 2.24) is 10.2 Å². The van der Waals surface area contributed by atoms with Crippen molar-refractivity contribution in [3.05, 3.63) is 0 Å². The molecule has 0 aromatic carbocycles. The molecule has 0 radical (unpaired) electrons. The summed E-state index contributed by atoms with van der Waals surface area (Å²) in [5.74, 6) is 0.283. The minimum atomic E-state index is 0.283. The Morgan fingerprint density at radius 2 is 2.13 bits per heavy atom. The van der Waals surface area contributed by atoms with Crippen LogP contribution in [-0.4, -0.2) is 36.5 Å². The van der Waals surface area contributed by atoms with E-state index in [0.29, 0.717) is 12.6 Å². The average Bonchev–Trinajstić information content (AvgIpc) is 2.50. The molecule has 1 heterocycles. The van der Waals surface area contributed by atoms with Gasteiger partial charge in [-0.2, -0.15) is 0 Å². The lowest BCUT2D eigenvalue weighted by Crippen LogP contribution is -2.44. The van der Waals surface area contributed by atoms with Gasteiger partial charge in [0.1, 0.15) is 0 Å². The van der Waals surface area contributed by atoms with E-state index < -0.39 is 0 Å². The lowest BCUT2D eigenvalue weighted by atomic mass is 10.1. The fourth-order valence-corrected chi connectivity index (χ4v) is 2.26. The molecule has 3 nitrogen and oxygen atoms in total. The zero-order valence-corrected chi connectivity index (χ0v) is 10.1. The fourth-order valence-electron chi connectivity index (χ4n) is 2.26. The molecule has 1 saturated heterocycles. The van der Waals surface area contributed by atoms with Gasteiger partial charge in [-0.3, -0.25) is 4.79 Å². The summed E-state index contributed by atoms with van der Waals surface area (Å²) < 4.78 is 0. The zero-order valence-electron chi connectivity index (χ0n) is 10.1. The number of likely N-dealkylation sites (N-methyl/N-ethyl adjacent to an activating group) is 1. The van der Waals surface area contributed by atoms with E-state index in [9.17, 15) is 4.79 Å². The summed E-state index contributed by atoms with van der Waals surface area (Å²) in [6.45, 7) is 6.56. The number of hydrogen-bond acceptors (Lipinski definition) is 2. The number of rotatable bonds is 4. The molecule has 88 valence electrons. The van der Waals surface area contributed by atoms with E-state index in [1.807, 2.05) is 6.92 Å². The van der Waals surface area contributed by atoms with Gasteiger partial charge in [0.15, 0.2) is 0 Å². The smallest absolute Gasteiger partial charge is 0.236 e. The van der Waals surface area contributed by atoms with Crippen LogP contribution in [0.1, 0.15) is 46.0 Å². The molecule has 0 aliphatic carbocycles. The summed E-state index contributed by atoms with van der Waals surface area (Å²) in [6, 6.07) is 0.485. The second kappa shape index (κ2) is 6.83. The van der Waals surface area contributed by atoms with Crippen LogP contribution in [0.15, 0.2) is 0 Å². The zero-order chi connectivity index (χ0) is 11.1. The first-order valence-electron chi connectivity index (χ1n) is 6.29. The number of likely N-dealkylation sites (tertiary alicyclic amines) is 1. The number of carbonyl (C=O) groups excluding carboxylic acids is 1. The van der Waals surface area contributed by atoms with Crippen LogP contribution in [0.2, 0.25) is 0 Å². The van der Waals surface area contributed by atoms with Crippen LogP contribution in [0.4, 0.5) is 0 Å². The molecule has 1 amide bonds. The van der Waals surface area contributed by atoms with Gasteiger partial charge in [-0.25, -0.2) is 0 Å². The third-order valence-corrected chi connectivity index (χ3v) is 3.19. The lowest BCUT2D eigenvalue weighted by molar-refractivity contribution is -0.132. The summed E-state index contributed by atoms with van der Waals surface area (Å²) in [7, 11) is 0. The molecule has 1 aliphatic heterocycles. The predicted molar refractivity (Wildman–Crippen MR) is 62.8 cm³/mol. The van der Waals surface area contributed by atoms with E-state index in [-0.39, 0.29) is 5.91 Å². The molecule has 1 atom stereocenters. The minimum Gasteiger partial charge on any atom is -0.339 e. The molecule has 1 unspecified atom stereocenters. The monoisotopic (exact) mass is 212 g/mol. The number of carbonyl (C=O) groups is 1. The van der Waals surface area contributed by atoms with Crippen molar-refractivity contribution in [3.8, 4) is 0 Å². The van der Waals surface area contributed by atoms with Crippen LogP contribution in [0.25, 0.3) is 0 Å². The second-order valence-corrected chi connectivity index (χ2v) is 4.28.